The topological polar surface area (TPSA) is 88.6 Å². The first-order valence-corrected chi connectivity index (χ1v) is 10.4. The first-order chi connectivity index (χ1) is 15.7. The molecule has 0 heterocycles. The zero-order valence-electron chi connectivity index (χ0n) is 17.4. The van der Waals surface area contributed by atoms with E-state index < -0.39 is 0 Å². The minimum Gasteiger partial charge on any atom is -0.508 e. The fourth-order valence-corrected chi connectivity index (χ4v) is 3.45. The predicted octanol–water partition coefficient (Wildman–Crippen LogP) is 5.11. The molecule has 2 unspecified atom stereocenters. The molecule has 0 fully saturated rings. The van der Waals surface area contributed by atoms with Gasteiger partial charge in [0.2, 0.25) is 0 Å². The van der Waals surface area contributed by atoms with Crippen LogP contribution in [0, 0.1) is 0 Å². The third-order valence-corrected chi connectivity index (χ3v) is 5.13. The number of para-hydroxylation sites is 2. The molecule has 0 aromatic heterocycles. The van der Waals surface area contributed by atoms with Crippen LogP contribution in [0.4, 0.5) is 11.4 Å². The van der Waals surface area contributed by atoms with Crippen LogP contribution in [0.1, 0.15) is 23.2 Å². The van der Waals surface area contributed by atoms with Crippen LogP contribution in [-0.4, -0.2) is 10.2 Å². The maximum Gasteiger partial charge on any atom is 0.115 e. The molecule has 162 valence electrons. The van der Waals surface area contributed by atoms with Crippen LogP contribution in [0.25, 0.3) is 0 Å². The molecule has 0 saturated carbocycles. The van der Waals surface area contributed by atoms with Gasteiger partial charge in [0.15, 0.2) is 0 Å². The molecular formula is C26H26N4O2. The predicted molar refractivity (Wildman–Crippen MR) is 128 cm³/mol. The Morgan fingerprint density at radius 1 is 0.438 bits per heavy atom. The van der Waals surface area contributed by atoms with E-state index in [1.54, 1.807) is 24.3 Å². The highest BCUT2D eigenvalue weighted by molar-refractivity contribution is 5.44. The van der Waals surface area contributed by atoms with Crippen molar-refractivity contribution in [3.8, 4) is 11.5 Å². The number of aromatic hydroxyl groups is 2. The molecule has 0 aliphatic carbocycles. The van der Waals surface area contributed by atoms with Gasteiger partial charge in [-0.2, -0.15) is 0 Å². The summed E-state index contributed by atoms with van der Waals surface area (Å²) in [6.07, 6.45) is 0. The molecule has 4 aromatic rings. The van der Waals surface area contributed by atoms with Gasteiger partial charge in [0, 0.05) is 11.4 Å². The van der Waals surface area contributed by atoms with Gasteiger partial charge in [0.05, 0.1) is 12.1 Å². The van der Waals surface area contributed by atoms with Gasteiger partial charge in [0.25, 0.3) is 0 Å². The lowest BCUT2D eigenvalue weighted by Crippen LogP contribution is -2.40. The highest BCUT2D eigenvalue weighted by atomic mass is 16.3. The Morgan fingerprint density at radius 2 is 0.781 bits per heavy atom. The number of anilines is 2. The van der Waals surface area contributed by atoms with Crippen molar-refractivity contribution in [1.82, 2.24) is 10.9 Å². The lowest BCUT2D eigenvalue weighted by Gasteiger charge is -2.31. The average Bonchev–Trinajstić information content (AvgIpc) is 2.84. The number of hydrogen-bond donors (Lipinski definition) is 6. The minimum absolute atomic E-state index is 0.208. The molecule has 2 atom stereocenters. The van der Waals surface area contributed by atoms with Crippen molar-refractivity contribution in [2.75, 3.05) is 10.9 Å². The number of benzene rings is 4. The quantitative estimate of drug-likeness (QED) is 0.209. The second-order valence-electron chi connectivity index (χ2n) is 7.41. The van der Waals surface area contributed by atoms with E-state index in [2.05, 4.69) is 21.7 Å². The average molecular weight is 427 g/mol. The first-order valence-electron chi connectivity index (χ1n) is 10.4. The Balaban J connectivity index is 1.66. The molecular weight excluding hydrogens is 400 g/mol. The highest BCUT2D eigenvalue weighted by Gasteiger charge is 2.25. The molecule has 0 saturated heterocycles. The lowest BCUT2D eigenvalue weighted by atomic mass is 9.94. The second-order valence-corrected chi connectivity index (χ2v) is 7.41. The van der Waals surface area contributed by atoms with Crippen LogP contribution < -0.4 is 21.7 Å². The summed E-state index contributed by atoms with van der Waals surface area (Å²) in [5, 5.41) is 19.6. The van der Waals surface area contributed by atoms with Gasteiger partial charge >= 0.3 is 0 Å². The summed E-state index contributed by atoms with van der Waals surface area (Å²) in [5.74, 6) is 0.417. The van der Waals surface area contributed by atoms with E-state index in [4.69, 9.17) is 0 Å². The van der Waals surface area contributed by atoms with Crippen LogP contribution in [0.2, 0.25) is 0 Å². The molecule has 0 aliphatic rings. The molecule has 0 bridgehead atoms. The van der Waals surface area contributed by atoms with Gasteiger partial charge in [-0.3, -0.25) is 0 Å². The second kappa shape index (κ2) is 10.3. The SMILES string of the molecule is Oc1ccc(C(NNc2ccccc2)C(NNc2ccccc2)c2ccc(O)cc2)cc1. The van der Waals surface area contributed by atoms with Crippen LogP contribution in [0.3, 0.4) is 0 Å². The Kier molecular flexibility index (Phi) is 6.87. The summed E-state index contributed by atoms with van der Waals surface area (Å²) in [5.41, 5.74) is 17.2. The van der Waals surface area contributed by atoms with E-state index in [1.807, 2.05) is 84.9 Å². The molecule has 0 aliphatic heterocycles. The van der Waals surface area contributed by atoms with Gasteiger partial charge < -0.3 is 21.1 Å². The van der Waals surface area contributed by atoms with Crippen molar-refractivity contribution in [2.24, 2.45) is 0 Å². The van der Waals surface area contributed by atoms with E-state index in [0.29, 0.717) is 0 Å². The number of hydrogen-bond acceptors (Lipinski definition) is 6. The van der Waals surface area contributed by atoms with Crippen LogP contribution in [-0.2, 0) is 0 Å². The smallest absolute Gasteiger partial charge is 0.115 e. The fraction of sp³-hybridized carbons (Fsp3) is 0.0769. The molecule has 6 heteroatoms. The zero-order chi connectivity index (χ0) is 22.2. The lowest BCUT2D eigenvalue weighted by molar-refractivity contribution is 0.425. The molecule has 6 N–H and O–H groups in total. The normalized spacial score (nSPS) is 12.6. The Bertz CT molecular complexity index is 997. The third-order valence-electron chi connectivity index (χ3n) is 5.13. The van der Waals surface area contributed by atoms with E-state index >= 15 is 0 Å². The van der Waals surface area contributed by atoms with E-state index in [-0.39, 0.29) is 23.6 Å². The van der Waals surface area contributed by atoms with Crippen molar-refractivity contribution in [2.45, 2.75) is 12.1 Å². The molecule has 0 radical (unpaired) electrons. The Morgan fingerprint density at radius 3 is 1.12 bits per heavy atom. The number of hydrazine groups is 2. The van der Waals surface area contributed by atoms with Crippen LogP contribution >= 0.6 is 0 Å². The fourth-order valence-electron chi connectivity index (χ4n) is 3.45. The summed E-state index contributed by atoms with van der Waals surface area (Å²) < 4.78 is 0. The van der Waals surface area contributed by atoms with Crippen molar-refractivity contribution in [3.05, 3.63) is 120 Å². The van der Waals surface area contributed by atoms with Gasteiger partial charge in [-0.05, 0) is 59.7 Å². The molecule has 6 nitrogen and oxygen atoms in total. The number of nitrogens with one attached hydrogen (secondary N) is 4. The van der Waals surface area contributed by atoms with E-state index in [0.717, 1.165) is 22.5 Å². The van der Waals surface area contributed by atoms with E-state index in [9.17, 15) is 10.2 Å². The summed E-state index contributed by atoms with van der Waals surface area (Å²) >= 11 is 0. The Hall–Kier alpha value is -4.00. The minimum atomic E-state index is -0.239. The molecule has 4 aromatic carbocycles. The summed E-state index contributed by atoms with van der Waals surface area (Å²) in [7, 11) is 0. The largest absolute Gasteiger partial charge is 0.508 e. The molecule has 32 heavy (non-hydrogen) atoms. The van der Waals surface area contributed by atoms with Crippen molar-refractivity contribution in [3.63, 3.8) is 0 Å². The summed E-state index contributed by atoms with van der Waals surface area (Å²) in [6.45, 7) is 0. The summed E-state index contributed by atoms with van der Waals surface area (Å²) in [6, 6.07) is 33.5. The molecule has 4 rings (SSSR count). The zero-order valence-corrected chi connectivity index (χ0v) is 17.4. The number of phenols is 2. The number of rotatable bonds is 9. The number of phenolic OH excluding ortho intramolecular Hbond substituents is 2. The van der Waals surface area contributed by atoms with E-state index in [1.165, 1.54) is 0 Å². The highest BCUT2D eigenvalue weighted by Crippen LogP contribution is 2.31. The van der Waals surface area contributed by atoms with Crippen LogP contribution in [0.15, 0.2) is 109 Å². The van der Waals surface area contributed by atoms with Gasteiger partial charge in [-0.1, -0.05) is 60.7 Å². The van der Waals surface area contributed by atoms with Crippen molar-refractivity contribution >= 4 is 11.4 Å². The third kappa shape index (κ3) is 5.57. The first kappa shape index (κ1) is 21.2. The molecule has 0 spiro atoms. The van der Waals surface area contributed by atoms with Gasteiger partial charge in [0.1, 0.15) is 11.5 Å². The summed E-state index contributed by atoms with van der Waals surface area (Å²) in [4.78, 5) is 0. The maximum absolute atomic E-state index is 9.79. The Labute approximate surface area is 187 Å². The van der Waals surface area contributed by atoms with Gasteiger partial charge in [-0.25, -0.2) is 10.9 Å². The van der Waals surface area contributed by atoms with Crippen molar-refractivity contribution < 1.29 is 10.2 Å². The van der Waals surface area contributed by atoms with Crippen molar-refractivity contribution in [1.29, 1.82) is 0 Å². The molecule has 0 amide bonds. The monoisotopic (exact) mass is 426 g/mol. The maximum atomic E-state index is 9.79. The van der Waals surface area contributed by atoms with Gasteiger partial charge in [-0.15, -0.1) is 0 Å². The standard InChI is InChI=1S/C26H26N4O2/c31-23-15-11-19(12-16-23)25(29-27-21-7-3-1-4-8-21)26(20-13-17-24(32)18-14-20)30-28-22-9-5-2-6-10-22/h1-18,25-32H. The van der Waals surface area contributed by atoms with Crippen LogP contribution in [0.5, 0.6) is 11.5 Å².